The molecule has 1 saturated carbocycles. The number of carbonyl (C=O) groups is 1. The van der Waals surface area contributed by atoms with Crippen LogP contribution >= 0.6 is 0 Å². The first-order chi connectivity index (χ1) is 9.06. The highest BCUT2D eigenvalue weighted by molar-refractivity contribution is 5.92. The molecule has 0 bridgehead atoms. The van der Waals surface area contributed by atoms with Crippen LogP contribution in [0.2, 0.25) is 0 Å². The van der Waals surface area contributed by atoms with E-state index in [-0.39, 0.29) is 5.91 Å². The zero-order chi connectivity index (χ0) is 13.8. The van der Waals surface area contributed by atoms with Crippen molar-refractivity contribution in [2.45, 2.75) is 38.6 Å². The Balaban J connectivity index is 2.01. The Morgan fingerprint density at radius 3 is 2.63 bits per heavy atom. The molecule has 0 aliphatic heterocycles. The molecule has 4 heteroatoms. The molecule has 104 valence electrons. The number of pyridine rings is 1. The molecule has 1 aromatic heterocycles. The Kier molecular flexibility index (Phi) is 4.40. The van der Waals surface area contributed by atoms with Gasteiger partial charge in [0.15, 0.2) is 0 Å². The number of anilines is 1. The van der Waals surface area contributed by atoms with Crippen molar-refractivity contribution in [3.63, 3.8) is 0 Å². The van der Waals surface area contributed by atoms with Gasteiger partial charge in [0.05, 0.1) is 0 Å². The molecule has 0 unspecified atom stereocenters. The molecule has 1 aliphatic carbocycles. The van der Waals surface area contributed by atoms with E-state index in [9.17, 15) is 4.79 Å². The van der Waals surface area contributed by atoms with Gasteiger partial charge in [0.1, 0.15) is 5.69 Å². The van der Waals surface area contributed by atoms with E-state index in [4.69, 9.17) is 0 Å². The number of hydrogen-bond acceptors (Lipinski definition) is 3. The van der Waals surface area contributed by atoms with Crippen LogP contribution in [0.4, 0.5) is 5.69 Å². The Hall–Kier alpha value is -1.58. The lowest BCUT2D eigenvalue weighted by molar-refractivity contribution is 0.0822. The van der Waals surface area contributed by atoms with Gasteiger partial charge in [-0.05, 0) is 43.7 Å². The smallest absolute Gasteiger partial charge is 0.272 e. The average Bonchev–Trinajstić information content (AvgIpc) is 2.41. The van der Waals surface area contributed by atoms with Crippen LogP contribution < -0.4 is 5.32 Å². The largest absolute Gasteiger partial charge is 0.382 e. The lowest BCUT2D eigenvalue weighted by Crippen LogP contribution is -2.26. The van der Waals surface area contributed by atoms with E-state index >= 15 is 0 Å². The van der Waals surface area contributed by atoms with Gasteiger partial charge in [0.2, 0.25) is 0 Å². The molecule has 0 aromatic carbocycles. The second kappa shape index (κ2) is 6.04. The standard InChI is InChI=1S/C15H23N3O/c1-11-4-6-12(7-5-11)17-13-8-9-16-14(10-13)15(19)18(2)3/h8-12H,4-7H2,1-3H3,(H,16,17). The molecule has 19 heavy (non-hydrogen) atoms. The lowest BCUT2D eigenvalue weighted by Gasteiger charge is -2.27. The average molecular weight is 261 g/mol. The van der Waals surface area contributed by atoms with Crippen LogP contribution in [0, 0.1) is 5.92 Å². The molecular weight excluding hydrogens is 238 g/mol. The summed E-state index contributed by atoms with van der Waals surface area (Å²) in [4.78, 5) is 17.6. The fourth-order valence-corrected chi connectivity index (χ4v) is 2.51. The SMILES string of the molecule is CC1CCC(Nc2ccnc(C(=O)N(C)C)c2)CC1. The molecule has 2 rings (SSSR count). The number of hydrogen-bond donors (Lipinski definition) is 1. The number of rotatable bonds is 3. The van der Waals surface area contributed by atoms with Crippen LogP contribution in [-0.2, 0) is 0 Å². The van der Waals surface area contributed by atoms with Crippen molar-refractivity contribution >= 4 is 11.6 Å². The molecule has 4 nitrogen and oxygen atoms in total. The van der Waals surface area contributed by atoms with Crippen LogP contribution in [0.1, 0.15) is 43.1 Å². The predicted molar refractivity (Wildman–Crippen MR) is 77.3 cm³/mol. The molecule has 0 atom stereocenters. The Labute approximate surface area is 115 Å². The molecule has 1 aromatic rings. The number of aromatic nitrogens is 1. The van der Waals surface area contributed by atoms with Crippen LogP contribution in [0.5, 0.6) is 0 Å². The topological polar surface area (TPSA) is 45.2 Å². The normalized spacial score (nSPS) is 22.9. The third kappa shape index (κ3) is 3.69. The fourth-order valence-electron chi connectivity index (χ4n) is 2.51. The lowest BCUT2D eigenvalue weighted by atomic mass is 9.87. The minimum atomic E-state index is -0.0547. The van der Waals surface area contributed by atoms with Crippen molar-refractivity contribution in [2.24, 2.45) is 5.92 Å². The molecule has 1 amide bonds. The van der Waals surface area contributed by atoms with Crippen molar-refractivity contribution in [1.82, 2.24) is 9.88 Å². The quantitative estimate of drug-likeness (QED) is 0.910. The maximum atomic E-state index is 11.9. The minimum absolute atomic E-state index is 0.0547. The summed E-state index contributed by atoms with van der Waals surface area (Å²) in [7, 11) is 3.49. The molecule has 0 radical (unpaired) electrons. The van der Waals surface area contributed by atoms with Gasteiger partial charge in [-0.1, -0.05) is 6.92 Å². The summed E-state index contributed by atoms with van der Waals surface area (Å²) in [5, 5.41) is 3.52. The van der Waals surface area contributed by atoms with Crippen LogP contribution in [0.15, 0.2) is 18.3 Å². The Morgan fingerprint density at radius 2 is 2.00 bits per heavy atom. The van der Waals surface area contributed by atoms with E-state index in [1.165, 1.54) is 25.7 Å². The van der Waals surface area contributed by atoms with Crippen molar-refractivity contribution < 1.29 is 4.79 Å². The molecule has 1 heterocycles. The summed E-state index contributed by atoms with van der Waals surface area (Å²) >= 11 is 0. The fraction of sp³-hybridized carbons (Fsp3) is 0.600. The predicted octanol–water partition coefficient (Wildman–Crippen LogP) is 2.77. The molecule has 0 saturated heterocycles. The molecule has 1 fully saturated rings. The highest BCUT2D eigenvalue weighted by atomic mass is 16.2. The zero-order valence-corrected chi connectivity index (χ0v) is 12.0. The zero-order valence-electron chi connectivity index (χ0n) is 12.0. The summed E-state index contributed by atoms with van der Waals surface area (Å²) in [5.74, 6) is 0.794. The first kappa shape index (κ1) is 13.8. The van der Waals surface area contributed by atoms with Crippen LogP contribution in [-0.4, -0.2) is 35.9 Å². The summed E-state index contributed by atoms with van der Waals surface area (Å²) in [6, 6.07) is 4.31. The first-order valence-electron chi connectivity index (χ1n) is 7.00. The van der Waals surface area contributed by atoms with E-state index in [0.29, 0.717) is 11.7 Å². The van der Waals surface area contributed by atoms with Crippen molar-refractivity contribution in [3.8, 4) is 0 Å². The highest BCUT2D eigenvalue weighted by Gasteiger charge is 2.18. The second-order valence-corrected chi connectivity index (χ2v) is 5.73. The van der Waals surface area contributed by atoms with Crippen molar-refractivity contribution in [1.29, 1.82) is 0 Å². The summed E-state index contributed by atoms with van der Waals surface area (Å²) in [6.07, 6.45) is 6.68. The second-order valence-electron chi connectivity index (χ2n) is 5.73. The third-order valence-electron chi connectivity index (χ3n) is 3.77. The van der Waals surface area contributed by atoms with Gasteiger partial charge in [0, 0.05) is 32.0 Å². The summed E-state index contributed by atoms with van der Waals surface area (Å²) in [5.41, 5.74) is 1.50. The van der Waals surface area contributed by atoms with E-state index < -0.39 is 0 Å². The maximum absolute atomic E-state index is 11.9. The molecular formula is C15H23N3O. The first-order valence-corrected chi connectivity index (χ1v) is 7.00. The monoisotopic (exact) mass is 261 g/mol. The van der Waals surface area contributed by atoms with E-state index in [0.717, 1.165) is 11.6 Å². The van der Waals surface area contributed by atoms with Gasteiger partial charge >= 0.3 is 0 Å². The number of nitrogens with zero attached hydrogens (tertiary/aromatic N) is 2. The van der Waals surface area contributed by atoms with Gasteiger partial charge in [0.25, 0.3) is 5.91 Å². The van der Waals surface area contributed by atoms with Crippen molar-refractivity contribution in [2.75, 3.05) is 19.4 Å². The third-order valence-corrected chi connectivity index (χ3v) is 3.77. The van der Waals surface area contributed by atoms with E-state index in [1.54, 1.807) is 25.2 Å². The number of amides is 1. The minimum Gasteiger partial charge on any atom is -0.382 e. The summed E-state index contributed by atoms with van der Waals surface area (Å²) in [6.45, 7) is 2.32. The number of nitrogens with one attached hydrogen (secondary N) is 1. The maximum Gasteiger partial charge on any atom is 0.272 e. The van der Waals surface area contributed by atoms with Gasteiger partial charge in [-0.15, -0.1) is 0 Å². The van der Waals surface area contributed by atoms with Crippen LogP contribution in [0.3, 0.4) is 0 Å². The van der Waals surface area contributed by atoms with Crippen molar-refractivity contribution in [3.05, 3.63) is 24.0 Å². The van der Waals surface area contributed by atoms with Gasteiger partial charge in [-0.3, -0.25) is 9.78 Å². The summed E-state index contributed by atoms with van der Waals surface area (Å²) < 4.78 is 0. The highest BCUT2D eigenvalue weighted by Crippen LogP contribution is 2.26. The van der Waals surface area contributed by atoms with Gasteiger partial charge in [-0.25, -0.2) is 0 Å². The van der Waals surface area contributed by atoms with Crippen LogP contribution in [0.25, 0.3) is 0 Å². The molecule has 0 spiro atoms. The van der Waals surface area contributed by atoms with Gasteiger partial charge in [-0.2, -0.15) is 0 Å². The Bertz CT molecular complexity index is 437. The number of carbonyl (C=O) groups excluding carboxylic acids is 1. The van der Waals surface area contributed by atoms with E-state index in [2.05, 4.69) is 17.2 Å². The van der Waals surface area contributed by atoms with Gasteiger partial charge < -0.3 is 10.2 Å². The molecule has 1 aliphatic rings. The van der Waals surface area contributed by atoms with E-state index in [1.807, 2.05) is 12.1 Å². The Morgan fingerprint density at radius 1 is 1.32 bits per heavy atom. The molecule has 1 N–H and O–H groups in total.